The van der Waals surface area contributed by atoms with Crippen molar-refractivity contribution >= 4 is 5.91 Å². The number of unbranched alkanes of at least 4 members (excludes halogenated alkanes) is 23. The Morgan fingerprint density at radius 1 is 0.532 bits per heavy atom. The highest BCUT2D eigenvalue weighted by molar-refractivity contribution is 5.76. The maximum atomic E-state index is 12.4. The molecule has 0 rings (SSSR count). The van der Waals surface area contributed by atoms with Crippen LogP contribution in [0.5, 0.6) is 0 Å². The van der Waals surface area contributed by atoms with Crippen molar-refractivity contribution in [3.63, 3.8) is 0 Å². The van der Waals surface area contributed by atoms with Gasteiger partial charge in [0.25, 0.3) is 0 Å². The Morgan fingerprint density at radius 2 is 0.915 bits per heavy atom. The fourth-order valence-electron chi connectivity index (χ4n) is 6.02. The predicted molar refractivity (Wildman–Crippen MR) is 204 cm³/mol. The molecular formula is C42H79NO4. The molecule has 0 aromatic rings. The lowest BCUT2D eigenvalue weighted by Crippen LogP contribution is -2.45. The van der Waals surface area contributed by atoms with Crippen LogP contribution in [0.15, 0.2) is 36.5 Å². The van der Waals surface area contributed by atoms with E-state index in [1.807, 2.05) is 6.08 Å². The topological polar surface area (TPSA) is 89.8 Å². The second-order valence-electron chi connectivity index (χ2n) is 13.9. The van der Waals surface area contributed by atoms with Crippen LogP contribution in [0.4, 0.5) is 0 Å². The summed E-state index contributed by atoms with van der Waals surface area (Å²) >= 11 is 0. The molecule has 0 aromatic carbocycles. The SMILES string of the molecule is CCCCCCCCCCCC/C=C/CC/C=C/CC/C=C/C(O)C(CO)NC(=O)CC(O)CCCCCCCCCCCCCC. The lowest BCUT2D eigenvalue weighted by Gasteiger charge is -2.21. The van der Waals surface area contributed by atoms with Crippen LogP contribution in [0.2, 0.25) is 0 Å². The second-order valence-corrected chi connectivity index (χ2v) is 13.9. The van der Waals surface area contributed by atoms with Crippen LogP contribution in [-0.4, -0.2) is 46.1 Å². The van der Waals surface area contributed by atoms with Crippen molar-refractivity contribution in [2.24, 2.45) is 0 Å². The summed E-state index contributed by atoms with van der Waals surface area (Å²) in [6.07, 6.45) is 45.6. The van der Waals surface area contributed by atoms with Crippen LogP contribution in [0.3, 0.4) is 0 Å². The summed E-state index contributed by atoms with van der Waals surface area (Å²) in [7, 11) is 0. The molecule has 5 nitrogen and oxygen atoms in total. The number of amides is 1. The molecule has 276 valence electrons. The Hall–Kier alpha value is -1.43. The maximum Gasteiger partial charge on any atom is 0.222 e. The van der Waals surface area contributed by atoms with Gasteiger partial charge in [0.2, 0.25) is 5.91 Å². The van der Waals surface area contributed by atoms with Crippen molar-refractivity contribution in [1.29, 1.82) is 0 Å². The summed E-state index contributed by atoms with van der Waals surface area (Å²) in [6, 6.07) is -0.764. The number of aliphatic hydroxyl groups is 3. The van der Waals surface area contributed by atoms with Gasteiger partial charge >= 0.3 is 0 Å². The van der Waals surface area contributed by atoms with E-state index < -0.39 is 18.2 Å². The first-order valence-corrected chi connectivity index (χ1v) is 20.3. The number of aliphatic hydroxyl groups excluding tert-OH is 3. The van der Waals surface area contributed by atoms with Gasteiger partial charge in [-0.05, 0) is 44.9 Å². The van der Waals surface area contributed by atoms with Crippen molar-refractivity contribution in [3.05, 3.63) is 36.5 Å². The first-order chi connectivity index (χ1) is 23.0. The van der Waals surface area contributed by atoms with Gasteiger partial charge in [0.1, 0.15) is 0 Å². The zero-order valence-corrected chi connectivity index (χ0v) is 31.2. The van der Waals surface area contributed by atoms with E-state index in [2.05, 4.69) is 43.5 Å². The van der Waals surface area contributed by atoms with Gasteiger partial charge in [0.15, 0.2) is 0 Å². The van der Waals surface area contributed by atoms with Gasteiger partial charge in [-0.15, -0.1) is 0 Å². The van der Waals surface area contributed by atoms with Crippen molar-refractivity contribution in [2.45, 2.75) is 218 Å². The van der Waals surface area contributed by atoms with E-state index in [1.54, 1.807) is 6.08 Å². The van der Waals surface area contributed by atoms with Gasteiger partial charge in [-0.2, -0.15) is 0 Å². The van der Waals surface area contributed by atoms with Gasteiger partial charge < -0.3 is 20.6 Å². The lowest BCUT2D eigenvalue weighted by atomic mass is 10.0. The molecule has 0 fully saturated rings. The molecule has 0 saturated heterocycles. The summed E-state index contributed by atoms with van der Waals surface area (Å²) in [6.45, 7) is 4.18. The smallest absolute Gasteiger partial charge is 0.222 e. The van der Waals surface area contributed by atoms with E-state index >= 15 is 0 Å². The molecule has 0 spiro atoms. The van der Waals surface area contributed by atoms with Gasteiger partial charge in [-0.1, -0.05) is 185 Å². The van der Waals surface area contributed by atoms with Gasteiger partial charge in [0, 0.05) is 0 Å². The second kappa shape index (κ2) is 37.4. The largest absolute Gasteiger partial charge is 0.394 e. The number of rotatable bonds is 36. The van der Waals surface area contributed by atoms with Crippen molar-refractivity contribution in [1.82, 2.24) is 5.32 Å². The highest BCUT2D eigenvalue weighted by atomic mass is 16.3. The molecule has 0 aliphatic heterocycles. The number of hydrogen-bond acceptors (Lipinski definition) is 4. The molecule has 3 unspecified atom stereocenters. The first kappa shape index (κ1) is 45.6. The summed E-state index contributed by atoms with van der Waals surface area (Å²) in [5, 5.41) is 33.1. The van der Waals surface area contributed by atoms with E-state index in [-0.39, 0.29) is 18.9 Å². The molecule has 0 aliphatic rings. The number of carbonyl (C=O) groups is 1. The average Bonchev–Trinajstić information content (AvgIpc) is 3.06. The number of hydrogen-bond donors (Lipinski definition) is 4. The summed E-state index contributed by atoms with van der Waals surface area (Å²) in [4.78, 5) is 12.4. The van der Waals surface area contributed by atoms with Gasteiger partial charge in [-0.3, -0.25) is 4.79 Å². The minimum Gasteiger partial charge on any atom is -0.394 e. The molecule has 47 heavy (non-hydrogen) atoms. The molecule has 5 heteroatoms. The van der Waals surface area contributed by atoms with Crippen molar-refractivity contribution < 1.29 is 20.1 Å². The summed E-state index contributed by atoms with van der Waals surface area (Å²) < 4.78 is 0. The van der Waals surface area contributed by atoms with Crippen molar-refractivity contribution in [2.75, 3.05) is 6.61 Å². The Balaban J connectivity index is 3.77. The molecule has 0 bridgehead atoms. The van der Waals surface area contributed by atoms with E-state index in [0.717, 1.165) is 38.5 Å². The minimum absolute atomic E-state index is 0.00422. The van der Waals surface area contributed by atoms with Crippen LogP contribution < -0.4 is 5.32 Å². The Morgan fingerprint density at radius 3 is 1.36 bits per heavy atom. The molecule has 0 aromatic heterocycles. The standard InChI is InChI=1S/C42H79NO4/c1-3-5-7-9-11-13-15-17-18-19-20-21-22-23-24-26-28-30-32-34-36-41(46)40(38-44)43-42(47)37-39(45)35-33-31-29-27-25-16-14-12-10-8-6-4-2/h21-22,26,28,34,36,39-41,44-46H,3-20,23-25,27,29-33,35,37-38H2,1-2H3,(H,43,47)/b22-21+,28-26+,36-34+. The van der Waals surface area contributed by atoms with E-state index in [1.165, 1.54) is 135 Å². The third kappa shape index (κ3) is 34.2. The number of carbonyl (C=O) groups excluding carboxylic acids is 1. The average molecular weight is 662 g/mol. The third-order valence-electron chi connectivity index (χ3n) is 9.16. The number of nitrogens with one attached hydrogen (secondary N) is 1. The lowest BCUT2D eigenvalue weighted by molar-refractivity contribution is -0.124. The first-order valence-electron chi connectivity index (χ1n) is 20.3. The molecule has 1 amide bonds. The maximum absolute atomic E-state index is 12.4. The summed E-state index contributed by atoms with van der Waals surface area (Å²) in [5.74, 6) is -0.330. The Bertz CT molecular complexity index is 734. The molecular weight excluding hydrogens is 582 g/mol. The highest BCUT2D eigenvalue weighted by Gasteiger charge is 2.20. The van der Waals surface area contributed by atoms with Crippen LogP contribution in [0.1, 0.15) is 200 Å². The molecule has 0 saturated carbocycles. The molecule has 0 aliphatic carbocycles. The third-order valence-corrected chi connectivity index (χ3v) is 9.16. The quantitative estimate of drug-likeness (QED) is 0.0397. The Kier molecular flexibility index (Phi) is 36.3. The monoisotopic (exact) mass is 662 g/mol. The molecule has 0 heterocycles. The Labute approximate surface area is 292 Å². The van der Waals surface area contributed by atoms with Gasteiger partial charge in [0.05, 0.1) is 31.3 Å². The van der Waals surface area contributed by atoms with Crippen LogP contribution in [0.25, 0.3) is 0 Å². The fraction of sp³-hybridized carbons (Fsp3) is 0.833. The van der Waals surface area contributed by atoms with Crippen LogP contribution in [0, 0.1) is 0 Å². The zero-order chi connectivity index (χ0) is 34.5. The normalized spacial score (nSPS) is 14.1. The summed E-state index contributed by atoms with van der Waals surface area (Å²) in [5.41, 5.74) is 0. The zero-order valence-electron chi connectivity index (χ0n) is 31.2. The highest BCUT2D eigenvalue weighted by Crippen LogP contribution is 2.14. The van der Waals surface area contributed by atoms with Gasteiger partial charge in [-0.25, -0.2) is 0 Å². The van der Waals surface area contributed by atoms with Crippen LogP contribution >= 0.6 is 0 Å². The molecule has 4 N–H and O–H groups in total. The molecule has 0 radical (unpaired) electrons. The fourth-order valence-corrected chi connectivity index (χ4v) is 6.02. The minimum atomic E-state index is -0.956. The molecule has 3 atom stereocenters. The van der Waals surface area contributed by atoms with Crippen LogP contribution in [-0.2, 0) is 4.79 Å². The van der Waals surface area contributed by atoms with E-state index in [4.69, 9.17) is 0 Å². The predicted octanol–water partition coefficient (Wildman–Crippen LogP) is 11.2. The van der Waals surface area contributed by atoms with E-state index in [0.29, 0.717) is 6.42 Å². The van der Waals surface area contributed by atoms with E-state index in [9.17, 15) is 20.1 Å². The van der Waals surface area contributed by atoms with Crippen molar-refractivity contribution in [3.8, 4) is 0 Å². The number of allylic oxidation sites excluding steroid dienone is 5.